The summed E-state index contributed by atoms with van der Waals surface area (Å²) in [5.74, 6) is 0.291. The number of methoxy groups -OCH3 is 1. The van der Waals surface area contributed by atoms with Gasteiger partial charge in [0.1, 0.15) is 5.56 Å². The van der Waals surface area contributed by atoms with Gasteiger partial charge < -0.3 is 20.1 Å². The Morgan fingerprint density at radius 2 is 1.85 bits per heavy atom. The highest BCUT2D eigenvalue weighted by Crippen LogP contribution is 2.60. The molecule has 13 heteroatoms. The number of nitrogens with one attached hydrogen (secondary N) is 3. The number of alkyl carbamates (subject to hydrolysis) is 1. The molecule has 4 aliphatic rings. The fourth-order valence-corrected chi connectivity index (χ4v) is 7.21. The Bertz CT molecular complexity index is 1270. The van der Waals surface area contributed by atoms with Crippen molar-refractivity contribution < 1.29 is 32.3 Å². The third kappa shape index (κ3) is 6.61. The van der Waals surface area contributed by atoms with Crippen molar-refractivity contribution in [2.24, 2.45) is 29.1 Å². The molecule has 2 atom stereocenters. The van der Waals surface area contributed by atoms with Crippen LogP contribution in [0.1, 0.15) is 70.2 Å². The average molecular weight is 580 g/mol. The van der Waals surface area contributed by atoms with E-state index in [0.29, 0.717) is 43.2 Å². The molecule has 0 spiro atoms. The summed E-state index contributed by atoms with van der Waals surface area (Å²) in [6.07, 6.45) is 8.84. The third-order valence-corrected chi connectivity index (χ3v) is 8.68. The van der Waals surface area contributed by atoms with Crippen LogP contribution in [0.5, 0.6) is 5.88 Å². The molecule has 222 valence electrons. The van der Waals surface area contributed by atoms with Crippen LogP contribution in [-0.4, -0.2) is 67.7 Å². The molecule has 1 aromatic heterocycles. The zero-order valence-electron chi connectivity index (χ0n) is 24.0. The van der Waals surface area contributed by atoms with E-state index in [0.717, 1.165) is 19.1 Å². The van der Waals surface area contributed by atoms with E-state index < -0.39 is 33.0 Å². The van der Waals surface area contributed by atoms with E-state index in [9.17, 15) is 22.8 Å². The number of nitrogens with zero attached hydrogens (tertiary/aromatic N) is 2. The van der Waals surface area contributed by atoms with Gasteiger partial charge >= 0.3 is 6.09 Å². The Balaban J connectivity index is 1.52. The van der Waals surface area contributed by atoms with Gasteiger partial charge in [0.05, 0.1) is 37.1 Å². The van der Waals surface area contributed by atoms with Crippen LogP contribution in [0.25, 0.3) is 6.20 Å². The molecule has 0 radical (unpaired) electrons. The van der Waals surface area contributed by atoms with Crippen molar-refractivity contribution in [1.82, 2.24) is 25.1 Å². The summed E-state index contributed by atoms with van der Waals surface area (Å²) in [4.78, 5) is 38.3. The van der Waals surface area contributed by atoms with E-state index >= 15 is 0 Å². The lowest BCUT2D eigenvalue weighted by Crippen LogP contribution is -2.62. The standard InChI is InChI=1S/C27H41N5O7S/c1-16(2)15-39-23-20(14-28-32(23)8-7-26(3,4)30-25(35)38-5)22(33)29-21-18-9-17-10-19(21)13-27(11-17,12-18)24(34)31-40(6,36)37/h7-8,14,16-19,21H,9-13,15H2,1-6H3,(H,29,33)(H,30,35)(H,31,34)/b8-7+. The molecule has 4 aliphatic carbocycles. The minimum atomic E-state index is -3.65. The highest BCUT2D eigenvalue weighted by molar-refractivity contribution is 7.89. The van der Waals surface area contributed by atoms with Gasteiger partial charge in [0, 0.05) is 12.2 Å². The predicted molar refractivity (Wildman–Crippen MR) is 148 cm³/mol. The van der Waals surface area contributed by atoms with Crippen LogP contribution >= 0.6 is 0 Å². The molecule has 40 heavy (non-hydrogen) atoms. The van der Waals surface area contributed by atoms with E-state index in [4.69, 9.17) is 4.74 Å². The number of hydrogen-bond donors (Lipinski definition) is 3. The fourth-order valence-electron chi connectivity index (χ4n) is 6.66. The Morgan fingerprint density at radius 1 is 1.20 bits per heavy atom. The van der Waals surface area contributed by atoms with E-state index in [-0.39, 0.29) is 29.7 Å². The normalized spacial score (nSPS) is 27.6. The molecule has 0 aromatic carbocycles. The molecule has 1 heterocycles. The van der Waals surface area contributed by atoms with Crippen LogP contribution in [0.4, 0.5) is 4.79 Å². The first-order valence-electron chi connectivity index (χ1n) is 13.7. The van der Waals surface area contributed by atoms with Crippen LogP contribution in [0.3, 0.4) is 0 Å². The molecule has 2 unspecified atom stereocenters. The number of carbonyl (C=O) groups excluding carboxylic acids is 3. The molecule has 4 bridgehead atoms. The van der Waals surface area contributed by atoms with Crippen molar-refractivity contribution >= 4 is 34.1 Å². The molecule has 5 rings (SSSR count). The van der Waals surface area contributed by atoms with Gasteiger partial charge in [0.15, 0.2) is 0 Å². The molecule has 4 saturated carbocycles. The second-order valence-corrected chi connectivity index (χ2v) is 14.4. The van der Waals surface area contributed by atoms with Gasteiger partial charge in [-0.25, -0.2) is 17.9 Å². The Labute approximate surface area is 235 Å². The zero-order chi connectivity index (χ0) is 29.5. The monoisotopic (exact) mass is 579 g/mol. The van der Waals surface area contributed by atoms with Crippen LogP contribution < -0.4 is 20.1 Å². The van der Waals surface area contributed by atoms with Crippen LogP contribution in [0.2, 0.25) is 0 Å². The second-order valence-electron chi connectivity index (χ2n) is 12.6. The molecular formula is C27H41N5O7S. The van der Waals surface area contributed by atoms with Crippen molar-refractivity contribution in [2.75, 3.05) is 20.0 Å². The average Bonchev–Trinajstić information content (AvgIpc) is 3.24. The molecule has 4 fully saturated rings. The number of aromatic nitrogens is 2. The first-order chi connectivity index (χ1) is 18.6. The van der Waals surface area contributed by atoms with E-state index in [2.05, 4.69) is 25.2 Å². The quantitative estimate of drug-likeness (QED) is 0.382. The maximum absolute atomic E-state index is 13.6. The number of carbonyl (C=O) groups is 3. The first kappa shape index (κ1) is 29.9. The van der Waals surface area contributed by atoms with Crippen molar-refractivity contribution in [1.29, 1.82) is 0 Å². The molecule has 1 aromatic rings. The summed E-state index contributed by atoms with van der Waals surface area (Å²) in [5, 5.41) is 10.3. The number of sulfonamides is 1. The largest absolute Gasteiger partial charge is 0.477 e. The van der Waals surface area contributed by atoms with E-state index in [1.165, 1.54) is 18.0 Å². The van der Waals surface area contributed by atoms with Gasteiger partial charge in [-0.15, -0.1) is 0 Å². The summed E-state index contributed by atoms with van der Waals surface area (Å²) in [7, 11) is -2.36. The number of rotatable bonds is 10. The number of amides is 3. The lowest BCUT2D eigenvalue weighted by Gasteiger charge is -2.59. The van der Waals surface area contributed by atoms with Crippen molar-refractivity contribution in [3.8, 4) is 5.88 Å². The summed E-state index contributed by atoms with van der Waals surface area (Å²) in [6.45, 7) is 7.97. The topological polar surface area (TPSA) is 158 Å². The molecule has 0 saturated heterocycles. The SMILES string of the molecule is COC(=O)NC(C)(C)/C=C/n1ncc(C(=O)NC2C3CC4CC2CC(C(=O)NS(C)(=O)=O)(C4)C3)c1OCC(C)C. The lowest BCUT2D eigenvalue weighted by molar-refractivity contribution is -0.146. The van der Waals surface area contributed by atoms with E-state index in [1.807, 2.05) is 13.8 Å². The van der Waals surface area contributed by atoms with Gasteiger partial charge in [-0.1, -0.05) is 13.8 Å². The van der Waals surface area contributed by atoms with Crippen molar-refractivity contribution in [3.05, 3.63) is 17.8 Å². The van der Waals surface area contributed by atoms with Crippen LogP contribution in [0, 0.1) is 29.1 Å². The van der Waals surface area contributed by atoms with Gasteiger partial charge in [-0.2, -0.15) is 5.10 Å². The van der Waals surface area contributed by atoms with Crippen LogP contribution in [0.15, 0.2) is 12.3 Å². The maximum Gasteiger partial charge on any atom is 0.407 e. The minimum absolute atomic E-state index is 0.0840. The van der Waals surface area contributed by atoms with Gasteiger partial charge in [-0.05, 0) is 75.7 Å². The number of hydrogen-bond acceptors (Lipinski definition) is 8. The minimum Gasteiger partial charge on any atom is -0.477 e. The molecule has 3 N–H and O–H groups in total. The maximum atomic E-state index is 13.6. The fraction of sp³-hybridized carbons (Fsp3) is 0.704. The Hall–Kier alpha value is -3.09. The highest BCUT2D eigenvalue weighted by atomic mass is 32.2. The molecular weight excluding hydrogens is 538 g/mol. The summed E-state index contributed by atoms with van der Waals surface area (Å²) in [5.41, 5.74) is -1.16. The molecule has 3 amide bonds. The van der Waals surface area contributed by atoms with Crippen molar-refractivity contribution in [2.45, 2.75) is 71.4 Å². The second kappa shape index (κ2) is 11.1. The molecule has 0 aliphatic heterocycles. The Morgan fingerprint density at radius 3 is 2.42 bits per heavy atom. The number of ether oxygens (including phenoxy) is 2. The smallest absolute Gasteiger partial charge is 0.407 e. The predicted octanol–water partition coefficient (Wildman–Crippen LogP) is 2.52. The molecule has 12 nitrogen and oxygen atoms in total. The van der Waals surface area contributed by atoms with E-state index in [1.54, 1.807) is 26.1 Å². The van der Waals surface area contributed by atoms with Gasteiger partial charge in [-0.3, -0.25) is 14.3 Å². The third-order valence-electron chi connectivity index (χ3n) is 8.12. The summed E-state index contributed by atoms with van der Waals surface area (Å²) < 4.78 is 37.9. The Kier molecular flexibility index (Phi) is 8.26. The lowest BCUT2D eigenvalue weighted by atomic mass is 9.47. The van der Waals surface area contributed by atoms with Gasteiger partial charge in [0.2, 0.25) is 21.8 Å². The van der Waals surface area contributed by atoms with Gasteiger partial charge in [0.25, 0.3) is 5.91 Å². The summed E-state index contributed by atoms with van der Waals surface area (Å²) >= 11 is 0. The highest BCUT2D eigenvalue weighted by Gasteiger charge is 2.59. The zero-order valence-corrected chi connectivity index (χ0v) is 24.8. The van der Waals surface area contributed by atoms with Crippen molar-refractivity contribution in [3.63, 3.8) is 0 Å². The first-order valence-corrected chi connectivity index (χ1v) is 15.6. The summed E-state index contributed by atoms with van der Waals surface area (Å²) in [6, 6.07) is -0.122. The van der Waals surface area contributed by atoms with Crippen LogP contribution in [-0.2, 0) is 19.6 Å².